The van der Waals surface area contributed by atoms with Crippen LogP contribution in [0, 0.1) is 0 Å². The molecule has 3 aliphatic heterocycles. The molecule has 3 heterocycles. The van der Waals surface area contributed by atoms with Crippen molar-refractivity contribution in [3.05, 3.63) is 0 Å². The van der Waals surface area contributed by atoms with E-state index >= 15 is 0 Å². The third-order valence-corrected chi connectivity index (χ3v) is 6.93. The van der Waals surface area contributed by atoms with E-state index in [1.54, 1.807) is 0 Å². The van der Waals surface area contributed by atoms with Crippen molar-refractivity contribution in [1.29, 1.82) is 0 Å². The van der Waals surface area contributed by atoms with Crippen LogP contribution in [0.5, 0.6) is 0 Å². The van der Waals surface area contributed by atoms with E-state index in [1.165, 1.54) is 56.4 Å². The SMILES string of the molecule is C[I-]CN1CCN(C2CC3CCC(C2)N3C)CC1. The van der Waals surface area contributed by atoms with Gasteiger partial charge in [-0.2, -0.15) is 0 Å². The van der Waals surface area contributed by atoms with E-state index < -0.39 is 0 Å². The van der Waals surface area contributed by atoms with Crippen LogP contribution in [-0.2, 0) is 0 Å². The monoisotopic (exact) mass is 364 g/mol. The quantitative estimate of drug-likeness (QED) is 0.323. The van der Waals surface area contributed by atoms with Gasteiger partial charge in [-0.1, -0.05) is 0 Å². The fourth-order valence-electron chi connectivity index (χ4n) is 4.10. The Morgan fingerprint density at radius 3 is 2.11 bits per heavy atom. The molecule has 0 aromatic rings. The molecule has 0 radical (unpaired) electrons. The van der Waals surface area contributed by atoms with Crippen molar-refractivity contribution in [2.45, 2.75) is 43.8 Å². The first kappa shape index (κ1) is 13.6. The van der Waals surface area contributed by atoms with Gasteiger partial charge in [0.2, 0.25) is 0 Å². The second-order valence-corrected chi connectivity index (χ2v) is 8.42. The standard InChI is InChI=1S/C14H27IN3/c1-15-11-17-5-7-18(8-6-17)14-9-12-3-4-13(10-14)16(12)2/h12-14H,3-11H2,1-2H3/q-1. The fraction of sp³-hybridized carbons (Fsp3) is 1.00. The van der Waals surface area contributed by atoms with Crippen LogP contribution in [0.25, 0.3) is 0 Å². The third kappa shape index (κ3) is 2.72. The maximum atomic E-state index is 2.81. The molecule has 0 N–H and O–H groups in total. The molecule has 3 nitrogen and oxygen atoms in total. The first-order valence-corrected chi connectivity index (χ1v) is 11.1. The molecule has 0 aromatic heterocycles. The van der Waals surface area contributed by atoms with Crippen LogP contribution in [0.15, 0.2) is 0 Å². The van der Waals surface area contributed by atoms with E-state index in [1.807, 2.05) is 0 Å². The van der Waals surface area contributed by atoms with Gasteiger partial charge in [0.05, 0.1) is 0 Å². The summed E-state index contributed by atoms with van der Waals surface area (Å²) in [7, 11) is 2.35. The molecule has 0 aromatic carbocycles. The van der Waals surface area contributed by atoms with Crippen LogP contribution in [-0.4, -0.2) is 75.5 Å². The number of nitrogens with zero attached hydrogens (tertiary/aromatic N) is 3. The second kappa shape index (κ2) is 5.94. The Labute approximate surface area is 122 Å². The van der Waals surface area contributed by atoms with Gasteiger partial charge in [0, 0.05) is 0 Å². The topological polar surface area (TPSA) is 9.72 Å². The van der Waals surface area contributed by atoms with Crippen LogP contribution in [0.3, 0.4) is 0 Å². The van der Waals surface area contributed by atoms with Gasteiger partial charge in [-0.25, -0.2) is 0 Å². The van der Waals surface area contributed by atoms with Gasteiger partial charge in [-0.05, 0) is 0 Å². The number of piperazine rings is 1. The summed E-state index contributed by atoms with van der Waals surface area (Å²) in [6.07, 6.45) is 5.79. The molecular weight excluding hydrogens is 337 g/mol. The van der Waals surface area contributed by atoms with Gasteiger partial charge in [0.15, 0.2) is 0 Å². The molecule has 2 atom stereocenters. The number of halogens is 1. The van der Waals surface area contributed by atoms with E-state index in [9.17, 15) is 0 Å². The fourth-order valence-corrected chi connectivity index (χ4v) is 5.75. The number of piperidine rings is 1. The summed E-state index contributed by atoms with van der Waals surface area (Å²) < 4.78 is 1.41. The average Bonchev–Trinajstić information content (AvgIpc) is 2.63. The molecule has 3 aliphatic rings. The minimum atomic E-state index is 0.442. The molecular formula is C14H27IN3-. The summed E-state index contributed by atoms with van der Waals surface area (Å²) in [5.74, 6) is 0. The van der Waals surface area contributed by atoms with Crippen LogP contribution in [0.1, 0.15) is 25.7 Å². The van der Waals surface area contributed by atoms with Gasteiger partial charge in [0.25, 0.3) is 0 Å². The molecule has 2 unspecified atom stereocenters. The summed E-state index contributed by atoms with van der Waals surface area (Å²) in [6.45, 7) is 5.32. The molecule has 0 spiro atoms. The second-order valence-electron chi connectivity index (χ2n) is 6.22. The molecule has 3 rings (SSSR count). The number of alkyl halides is 2. The van der Waals surface area contributed by atoms with E-state index in [-0.39, 0.29) is 0 Å². The Kier molecular flexibility index (Phi) is 4.48. The van der Waals surface area contributed by atoms with Gasteiger partial charge in [0.1, 0.15) is 0 Å². The third-order valence-electron chi connectivity index (χ3n) is 5.29. The molecule has 3 fully saturated rings. The summed E-state index contributed by atoms with van der Waals surface area (Å²) >= 11 is 0.442. The summed E-state index contributed by atoms with van der Waals surface area (Å²) in [6, 6.07) is 2.69. The summed E-state index contributed by atoms with van der Waals surface area (Å²) in [4.78, 5) is 10.6. The van der Waals surface area contributed by atoms with E-state index in [0.717, 1.165) is 18.1 Å². The Morgan fingerprint density at radius 1 is 0.944 bits per heavy atom. The zero-order valence-corrected chi connectivity index (χ0v) is 14.0. The Bertz CT molecular complexity index is 264. The Balaban J connectivity index is 1.52. The van der Waals surface area contributed by atoms with Gasteiger partial charge in [-0.3, -0.25) is 0 Å². The van der Waals surface area contributed by atoms with Crippen molar-refractivity contribution in [2.24, 2.45) is 0 Å². The minimum absolute atomic E-state index is 0.442. The number of fused-ring (bicyclic) bond motifs is 2. The van der Waals surface area contributed by atoms with Crippen molar-refractivity contribution in [3.8, 4) is 0 Å². The van der Waals surface area contributed by atoms with Crippen molar-refractivity contribution in [3.63, 3.8) is 0 Å². The summed E-state index contributed by atoms with van der Waals surface area (Å²) in [5.41, 5.74) is 0. The zero-order valence-electron chi connectivity index (χ0n) is 11.8. The van der Waals surface area contributed by atoms with Crippen molar-refractivity contribution < 1.29 is 21.2 Å². The van der Waals surface area contributed by atoms with Crippen LogP contribution in [0.4, 0.5) is 0 Å². The van der Waals surface area contributed by atoms with Gasteiger partial charge >= 0.3 is 122 Å². The molecule has 18 heavy (non-hydrogen) atoms. The molecule has 3 saturated heterocycles. The Morgan fingerprint density at radius 2 is 1.56 bits per heavy atom. The first-order chi connectivity index (χ1) is 8.78. The van der Waals surface area contributed by atoms with Crippen LogP contribution < -0.4 is 21.2 Å². The van der Waals surface area contributed by atoms with Crippen LogP contribution in [0.2, 0.25) is 0 Å². The predicted octanol–water partition coefficient (Wildman–Crippen LogP) is -2.09. The molecule has 4 heteroatoms. The zero-order chi connectivity index (χ0) is 12.5. The van der Waals surface area contributed by atoms with E-state index in [2.05, 4.69) is 26.7 Å². The molecule has 0 aliphatic carbocycles. The van der Waals surface area contributed by atoms with Gasteiger partial charge < -0.3 is 0 Å². The maximum absolute atomic E-state index is 2.81. The molecule has 2 bridgehead atoms. The van der Waals surface area contributed by atoms with Crippen LogP contribution >= 0.6 is 0 Å². The number of rotatable bonds is 3. The predicted molar refractivity (Wildman–Crippen MR) is 71.5 cm³/mol. The number of hydrogen-bond acceptors (Lipinski definition) is 3. The molecule has 0 saturated carbocycles. The summed E-state index contributed by atoms with van der Waals surface area (Å²) in [5, 5.41) is 0. The van der Waals surface area contributed by atoms with Crippen molar-refractivity contribution in [2.75, 3.05) is 42.7 Å². The van der Waals surface area contributed by atoms with Crippen molar-refractivity contribution in [1.82, 2.24) is 14.7 Å². The van der Waals surface area contributed by atoms with E-state index in [0.29, 0.717) is 21.2 Å². The van der Waals surface area contributed by atoms with Crippen molar-refractivity contribution >= 4 is 0 Å². The van der Waals surface area contributed by atoms with Gasteiger partial charge in [-0.15, -0.1) is 0 Å². The first-order valence-electron chi connectivity index (χ1n) is 7.40. The Hall–Kier alpha value is 0.610. The molecule has 106 valence electrons. The average molecular weight is 364 g/mol. The number of hydrogen-bond donors (Lipinski definition) is 0. The van der Waals surface area contributed by atoms with E-state index in [4.69, 9.17) is 0 Å². The normalized spacial score (nSPS) is 39.6. The molecule has 0 amide bonds.